The van der Waals surface area contributed by atoms with Crippen molar-refractivity contribution in [3.05, 3.63) is 363 Å². The summed E-state index contributed by atoms with van der Waals surface area (Å²) in [5, 5.41) is 5.19. The van der Waals surface area contributed by atoms with E-state index in [9.17, 15) is 0 Å². The molecule has 0 saturated carbocycles. The average Bonchev–Trinajstić information content (AvgIpc) is 3.53. The molecule has 0 saturated heterocycles. The Morgan fingerprint density at radius 3 is 1.21 bits per heavy atom. The number of anilines is 3. The number of hydrogen-bond donors (Lipinski definition) is 2. The Kier molecular flexibility index (Phi) is 24.8. The molecule has 12 aromatic rings. The smallest absolute Gasteiger partial charge is 0.0462 e. The number of rotatable bonds is 10. The van der Waals surface area contributed by atoms with Crippen LogP contribution in [0, 0.1) is 20.8 Å². The highest BCUT2D eigenvalue weighted by Gasteiger charge is 2.14. The van der Waals surface area contributed by atoms with Gasteiger partial charge in [-0.05, 0) is 160 Å². The third-order valence-electron chi connectivity index (χ3n) is 13.9. The summed E-state index contributed by atoms with van der Waals surface area (Å²) in [6.45, 7) is 17.3. The third kappa shape index (κ3) is 17.8. The van der Waals surface area contributed by atoms with Crippen LogP contribution in [0.25, 0.3) is 71.6 Å². The normalized spacial score (nSPS) is 10.4. The quantitative estimate of drug-likeness (QED) is 0.0597. The van der Waals surface area contributed by atoms with E-state index in [0.29, 0.717) is 0 Å². The summed E-state index contributed by atoms with van der Waals surface area (Å²) in [6.07, 6.45) is 9.68. The molecule has 3 heteroatoms. The Morgan fingerprint density at radius 2 is 0.738 bits per heavy atom. The van der Waals surface area contributed by atoms with Crippen molar-refractivity contribution in [2.75, 3.05) is 4.90 Å². The number of aryl methyl sites for hydroxylation is 3. The van der Waals surface area contributed by atoms with Crippen LogP contribution in [0.3, 0.4) is 0 Å². The van der Waals surface area contributed by atoms with Gasteiger partial charge in [-0.25, -0.2) is 0 Å². The Balaban J connectivity index is 0.000000195. The lowest BCUT2D eigenvalue weighted by atomic mass is 9.96. The van der Waals surface area contributed by atoms with Gasteiger partial charge >= 0.3 is 0 Å². The summed E-state index contributed by atoms with van der Waals surface area (Å²) >= 11 is 6.44. The predicted octanol–water partition coefficient (Wildman–Crippen LogP) is 24.2. The van der Waals surface area contributed by atoms with E-state index in [0.717, 1.165) is 17.1 Å². The summed E-state index contributed by atoms with van der Waals surface area (Å²) in [6, 6.07) is 105. The average molecular weight is 1130 g/mol. The molecule has 12 rings (SSSR count). The molecule has 0 aliphatic carbocycles. The molecule has 0 unspecified atom stereocenters. The molecule has 0 spiro atoms. The molecule has 1 nitrogen and oxygen atoms in total. The maximum atomic E-state index is 3.70. The van der Waals surface area contributed by atoms with Crippen molar-refractivity contribution in [2.24, 2.45) is 0 Å². The summed E-state index contributed by atoms with van der Waals surface area (Å²) in [7, 11) is 0. The van der Waals surface area contributed by atoms with Crippen LogP contribution in [0.5, 0.6) is 0 Å². The number of benzene rings is 12. The fraction of sp³-hybridized carbons (Fsp3) is 0.0617. The standard InChI is InChI=1S/C41H31N.C17H14.C13H14.C7H8.C3H6.H2S2/c1-30-11-13-33(14-12-30)35-19-25-40(26-20-35)42(39-23-17-34(18-24-39)31-7-3-2-4-8-31)41-27-21-36(22-28-41)38-16-15-32-9-5-6-10-37(32)29-38;1-13-11-12-16(14-7-3-2-4-8-14)17-10-6-5-9-15(13)17;1-3-8-12(9-4-2)13-10-6-5-7-11-13;1-7-5-3-2-4-6-7;1-3-2;1-2/h2-29H,1H3;2-12H,1H3;3-11H,1H2,2H3;2-6H,1H3;3H,1H2,2H3;1-2H/b;;9-4-,12-8+;;;. The Labute approximate surface area is 511 Å². The first-order chi connectivity index (χ1) is 41.3. The van der Waals surface area contributed by atoms with Crippen molar-refractivity contribution in [3.63, 3.8) is 0 Å². The number of allylic oxidation sites excluding steroid dienone is 6. The number of hydrogen-bond acceptors (Lipinski definition) is 3. The topological polar surface area (TPSA) is 3.24 Å². The Bertz CT molecular complexity index is 3940. The number of thiol groups is 2. The van der Waals surface area contributed by atoms with Crippen molar-refractivity contribution >= 4 is 67.5 Å². The Hall–Kier alpha value is -9.38. The van der Waals surface area contributed by atoms with Gasteiger partial charge in [0.25, 0.3) is 0 Å². The largest absolute Gasteiger partial charge is 0.311 e. The van der Waals surface area contributed by atoms with E-state index < -0.39 is 0 Å². The first-order valence-electron chi connectivity index (χ1n) is 28.3. The lowest BCUT2D eigenvalue weighted by Crippen LogP contribution is -2.09. The second-order valence-electron chi connectivity index (χ2n) is 19.9. The lowest BCUT2D eigenvalue weighted by molar-refractivity contribution is 1.28. The summed E-state index contributed by atoms with van der Waals surface area (Å²) in [5.74, 6) is 0. The van der Waals surface area contributed by atoms with E-state index in [4.69, 9.17) is 0 Å². The molecule has 0 radical (unpaired) electrons. The minimum Gasteiger partial charge on any atom is -0.311 e. The van der Waals surface area contributed by atoms with E-state index in [1.165, 1.54) is 93.9 Å². The van der Waals surface area contributed by atoms with Crippen LogP contribution in [0.15, 0.2) is 341 Å². The highest BCUT2D eigenvalue weighted by molar-refractivity contribution is 8.59. The zero-order valence-electron chi connectivity index (χ0n) is 48.9. The molecule has 0 aliphatic heterocycles. The molecule has 12 aromatic carbocycles. The number of nitrogens with zero attached hydrogens (tertiary/aromatic N) is 1. The summed E-state index contributed by atoms with van der Waals surface area (Å²) in [4.78, 5) is 2.33. The molecule has 0 bridgehead atoms. The molecule has 0 atom stereocenters. The van der Waals surface area contributed by atoms with Crippen molar-refractivity contribution in [1.82, 2.24) is 0 Å². The van der Waals surface area contributed by atoms with E-state index in [2.05, 4.69) is 329 Å². The molecule has 0 heterocycles. The molecule has 0 amide bonds. The maximum Gasteiger partial charge on any atom is 0.0462 e. The van der Waals surface area contributed by atoms with Crippen LogP contribution in [0.4, 0.5) is 17.1 Å². The summed E-state index contributed by atoms with van der Waals surface area (Å²) in [5.41, 5.74) is 19.6. The van der Waals surface area contributed by atoms with Crippen LogP contribution in [0.1, 0.15) is 36.1 Å². The van der Waals surface area contributed by atoms with Crippen LogP contribution in [-0.2, 0) is 0 Å². The van der Waals surface area contributed by atoms with Gasteiger partial charge in [-0.1, -0.05) is 303 Å². The molecular formula is C81H75NS2. The lowest BCUT2D eigenvalue weighted by Gasteiger charge is -2.26. The minimum absolute atomic E-state index is 1.12. The van der Waals surface area contributed by atoms with Crippen LogP contribution < -0.4 is 4.90 Å². The minimum atomic E-state index is 1.12. The second-order valence-corrected chi connectivity index (χ2v) is 19.9. The van der Waals surface area contributed by atoms with Gasteiger partial charge in [0.1, 0.15) is 0 Å². The van der Waals surface area contributed by atoms with Gasteiger partial charge in [0.2, 0.25) is 0 Å². The molecule has 0 fully saturated rings. The van der Waals surface area contributed by atoms with Crippen molar-refractivity contribution in [1.29, 1.82) is 0 Å². The molecular weight excluding hydrogens is 1050 g/mol. The van der Waals surface area contributed by atoms with Crippen molar-refractivity contribution in [3.8, 4) is 44.5 Å². The Morgan fingerprint density at radius 1 is 0.357 bits per heavy atom. The monoisotopic (exact) mass is 1130 g/mol. The second kappa shape index (κ2) is 33.5. The van der Waals surface area contributed by atoms with E-state index >= 15 is 0 Å². The van der Waals surface area contributed by atoms with Gasteiger partial charge in [0.15, 0.2) is 0 Å². The van der Waals surface area contributed by atoms with Gasteiger partial charge in [0.05, 0.1) is 0 Å². The maximum absolute atomic E-state index is 3.70. The van der Waals surface area contributed by atoms with Crippen LogP contribution >= 0.6 is 23.3 Å². The van der Waals surface area contributed by atoms with Crippen molar-refractivity contribution in [2.45, 2.75) is 34.6 Å². The fourth-order valence-electron chi connectivity index (χ4n) is 9.64. The molecule has 0 aromatic heterocycles. The highest BCUT2D eigenvalue weighted by atomic mass is 33.1. The van der Waals surface area contributed by atoms with Gasteiger partial charge in [-0.15, -0.1) is 29.9 Å². The molecule has 416 valence electrons. The zero-order chi connectivity index (χ0) is 59.3. The van der Waals surface area contributed by atoms with Crippen molar-refractivity contribution < 1.29 is 0 Å². The molecule has 0 N–H and O–H groups in total. The van der Waals surface area contributed by atoms with Gasteiger partial charge in [-0.3, -0.25) is 0 Å². The number of fused-ring (bicyclic) bond motifs is 2. The molecule has 0 aliphatic rings. The van der Waals surface area contributed by atoms with Gasteiger partial charge in [0, 0.05) is 17.1 Å². The van der Waals surface area contributed by atoms with Crippen LogP contribution in [-0.4, -0.2) is 0 Å². The van der Waals surface area contributed by atoms with Crippen LogP contribution in [0.2, 0.25) is 0 Å². The van der Waals surface area contributed by atoms with Gasteiger partial charge < -0.3 is 4.90 Å². The van der Waals surface area contributed by atoms with Gasteiger partial charge in [-0.2, -0.15) is 0 Å². The van der Waals surface area contributed by atoms with E-state index in [1.54, 1.807) is 6.08 Å². The fourth-order valence-corrected chi connectivity index (χ4v) is 9.64. The first-order valence-corrected chi connectivity index (χ1v) is 29.9. The molecule has 84 heavy (non-hydrogen) atoms. The summed E-state index contributed by atoms with van der Waals surface area (Å²) < 4.78 is 0. The van der Waals surface area contributed by atoms with E-state index in [-0.39, 0.29) is 0 Å². The predicted molar refractivity (Wildman–Crippen MR) is 378 cm³/mol. The first kappa shape index (κ1) is 62.2. The SMILES string of the molecule is C=C/C=C(\C=C/C)c1ccccc1.C=CC.Cc1ccc(-c2ccc(N(c3ccc(-c4ccccc4)cc3)c3ccc(-c4ccc5ccccc5c4)cc3)cc2)cc1.Cc1ccc(-c2ccccc2)c2ccccc12.Cc1ccccc1.SS. The van der Waals surface area contributed by atoms with E-state index in [1.807, 2.05) is 68.5 Å². The highest BCUT2D eigenvalue weighted by Crippen LogP contribution is 2.38. The third-order valence-corrected chi connectivity index (χ3v) is 13.9. The zero-order valence-corrected chi connectivity index (χ0v) is 50.7.